The molecule has 6 nitrogen and oxygen atoms in total. The van der Waals surface area contributed by atoms with Crippen LogP contribution in [0, 0.1) is 0 Å². The minimum Gasteiger partial charge on any atom is -0.393 e. The zero-order valence-corrected chi connectivity index (χ0v) is 11.5. The Bertz CT molecular complexity index is 543. The summed E-state index contributed by atoms with van der Waals surface area (Å²) in [6.45, 7) is 0. The third kappa shape index (κ3) is 2.74. The van der Waals surface area contributed by atoms with Gasteiger partial charge in [0.2, 0.25) is 0 Å². The van der Waals surface area contributed by atoms with Crippen LogP contribution in [0.25, 0.3) is 5.82 Å². The Labute approximate surface area is 118 Å². The molecule has 6 heteroatoms. The van der Waals surface area contributed by atoms with E-state index in [9.17, 15) is 0 Å². The number of aromatic nitrogens is 4. The van der Waals surface area contributed by atoms with Crippen molar-refractivity contribution in [2.45, 2.75) is 44.6 Å². The number of rotatable bonds is 3. The van der Waals surface area contributed by atoms with Gasteiger partial charge in [0.1, 0.15) is 12.0 Å². The van der Waals surface area contributed by atoms with Gasteiger partial charge in [-0.3, -0.25) is 0 Å². The van der Waals surface area contributed by atoms with Crippen molar-refractivity contribution in [1.82, 2.24) is 19.7 Å². The minimum atomic E-state index is 0.458. The lowest BCUT2D eigenvalue weighted by atomic mass is 10.1. The zero-order chi connectivity index (χ0) is 13.8. The monoisotopic (exact) mass is 272 g/mol. The van der Waals surface area contributed by atoms with Crippen LogP contribution in [0.15, 0.2) is 24.8 Å². The van der Waals surface area contributed by atoms with Crippen molar-refractivity contribution in [2.75, 3.05) is 11.1 Å². The number of hydrogen-bond acceptors (Lipinski definition) is 5. The summed E-state index contributed by atoms with van der Waals surface area (Å²) in [5, 5.41) is 7.64. The molecule has 0 radical (unpaired) electrons. The number of nitrogens with zero attached hydrogens (tertiary/aromatic N) is 4. The molecular weight excluding hydrogens is 252 g/mol. The van der Waals surface area contributed by atoms with E-state index in [-0.39, 0.29) is 0 Å². The molecule has 0 amide bonds. The van der Waals surface area contributed by atoms with Crippen LogP contribution >= 0.6 is 0 Å². The van der Waals surface area contributed by atoms with Crippen LogP contribution in [0.1, 0.15) is 38.5 Å². The molecule has 0 saturated heterocycles. The van der Waals surface area contributed by atoms with E-state index in [1.54, 1.807) is 10.9 Å². The van der Waals surface area contributed by atoms with Gasteiger partial charge in [-0.05, 0) is 18.9 Å². The van der Waals surface area contributed by atoms with Crippen LogP contribution in [0.3, 0.4) is 0 Å². The number of nitrogen functional groups attached to an aromatic ring is 1. The van der Waals surface area contributed by atoms with E-state index >= 15 is 0 Å². The van der Waals surface area contributed by atoms with Gasteiger partial charge in [-0.2, -0.15) is 5.10 Å². The second-order valence-corrected chi connectivity index (χ2v) is 5.24. The third-order valence-corrected chi connectivity index (χ3v) is 3.78. The Morgan fingerprint density at radius 2 is 1.95 bits per heavy atom. The molecule has 2 heterocycles. The first-order valence-electron chi connectivity index (χ1n) is 7.21. The maximum absolute atomic E-state index is 6.18. The first-order valence-corrected chi connectivity index (χ1v) is 7.21. The van der Waals surface area contributed by atoms with Crippen LogP contribution in [-0.2, 0) is 0 Å². The van der Waals surface area contributed by atoms with Crippen molar-refractivity contribution in [3.8, 4) is 5.82 Å². The fourth-order valence-electron chi connectivity index (χ4n) is 2.70. The Morgan fingerprint density at radius 1 is 1.15 bits per heavy atom. The molecule has 1 aliphatic carbocycles. The summed E-state index contributed by atoms with van der Waals surface area (Å²) >= 11 is 0. The van der Waals surface area contributed by atoms with Gasteiger partial charge in [-0.1, -0.05) is 25.7 Å². The Balaban J connectivity index is 1.81. The Hall–Kier alpha value is -2.11. The maximum Gasteiger partial charge on any atom is 0.181 e. The van der Waals surface area contributed by atoms with Crippen molar-refractivity contribution < 1.29 is 0 Å². The predicted octanol–water partition coefficient (Wildman–Crippen LogP) is 2.38. The molecule has 3 N–H and O–H groups in total. The van der Waals surface area contributed by atoms with Crippen molar-refractivity contribution in [2.24, 2.45) is 0 Å². The van der Waals surface area contributed by atoms with E-state index in [1.807, 2.05) is 12.3 Å². The van der Waals surface area contributed by atoms with Crippen molar-refractivity contribution in [3.63, 3.8) is 0 Å². The molecule has 1 aliphatic rings. The van der Waals surface area contributed by atoms with Crippen LogP contribution in [0.2, 0.25) is 0 Å². The van der Waals surface area contributed by atoms with Gasteiger partial charge in [0.15, 0.2) is 11.6 Å². The van der Waals surface area contributed by atoms with Crippen LogP contribution in [0.4, 0.5) is 11.5 Å². The number of nitrogens with one attached hydrogen (secondary N) is 1. The Morgan fingerprint density at radius 3 is 2.65 bits per heavy atom. The molecule has 2 aromatic rings. The molecule has 1 saturated carbocycles. The van der Waals surface area contributed by atoms with Crippen molar-refractivity contribution >= 4 is 11.5 Å². The third-order valence-electron chi connectivity index (χ3n) is 3.78. The quantitative estimate of drug-likeness (QED) is 0.838. The standard InChI is InChI=1S/C14H20N6/c15-12-13(19-11-6-3-1-2-4-7-11)16-10-17-14(12)20-9-5-8-18-20/h5,8-11H,1-4,6-7,15H2,(H,16,17,19). The second kappa shape index (κ2) is 5.90. The smallest absolute Gasteiger partial charge is 0.181 e. The number of anilines is 2. The number of nitrogens with two attached hydrogens (primary N) is 1. The lowest BCUT2D eigenvalue weighted by Gasteiger charge is -2.18. The molecule has 0 aromatic carbocycles. The molecule has 1 fully saturated rings. The predicted molar refractivity (Wildman–Crippen MR) is 78.7 cm³/mol. The first kappa shape index (κ1) is 12.9. The maximum atomic E-state index is 6.18. The fraction of sp³-hybridized carbons (Fsp3) is 0.500. The molecule has 2 aromatic heterocycles. The summed E-state index contributed by atoms with van der Waals surface area (Å²) in [6, 6.07) is 2.31. The highest BCUT2D eigenvalue weighted by Crippen LogP contribution is 2.25. The molecule has 20 heavy (non-hydrogen) atoms. The summed E-state index contributed by atoms with van der Waals surface area (Å²) in [5.41, 5.74) is 6.74. The first-order chi connectivity index (χ1) is 9.84. The normalized spacial score (nSPS) is 16.8. The molecule has 3 rings (SSSR count). The average Bonchev–Trinajstić information content (AvgIpc) is 2.86. The lowest BCUT2D eigenvalue weighted by molar-refractivity contribution is 0.617. The summed E-state index contributed by atoms with van der Waals surface area (Å²) in [7, 11) is 0. The van der Waals surface area contributed by atoms with Gasteiger partial charge in [0, 0.05) is 18.4 Å². The molecule has 0 atom stereocenters. The van der Waals surface area contributed by atoms with Crippen LogP contribution < -0.4 is 11.1 Å². The molecule has 0 unspecified atom stereocenters. The summed E-state index contributed by atoms with van der Waals surface area (Å²) in [5.74, 6) is 1.35. The molecular formula is C14H20N6. The van der Waals surface area contributed by atoms with E-state index in [2.05, 4.69) is 20.4 Å². The van der Waals surface area contributed by atoms with E-state index < -0.39 is 0 Å². The van der Waals surface area contributed by atoms with Crippen molar-refractivity contribution in [1.29, 1.82) is 0 Å². The topological polar surface area (TPSA) is 81.6 Å². The fourth-order valence-corrected chi connectivity index (χ4v) is 2.70. The highest BCUT2D eigenvalue weighted by molar-refractivity contribution is 5.69. The van der Waals surface area contributed by atoms with E-state index in [0.29, 0.717) is 17.5 Å². The summed E-state index contributed by atoms with van der Waals surface area (Å²) < 4.78 is 1.66. The second-order valence-electron chi connectivity index (χ2n) is 5.24. The number of hydrogen-bond donors (Lipinski definition) is 2. The van der Waals surface area contributed by atoms with Gasteiger partial charge in [0.25, 0.3) is 0 Å². The van der Waals surface area contributed by atoms with E-state index in [0.717, 1.165) is 5.82 Å². The average molecular weight is 272 g/mol. The molecule has 106 valence electrons. The molecule has 0 aliphatic heterocycles. The SMILES string of the molecule is Nc1c(NC2CCCCCC2)ncnc1-n1cccn1. The van der Waals surface area contributed by atoms with Crippen LogP contribution in [-0.4, -0.2) is 25.8 Å². The zero-order valence-electron chi connectivity index (χ0n) is 11.5. The highest BCUT2D eigenvalue weighted by Gasteiger charge is 2.16. The van der Waals surface area contributed by atoms with Gasteiger partial charge in [-0.25, -0.2) is 14.6 Å². The van der Waals surface area contributed by atoms with Gasteiger partial charge in [0.05, 0.1) is 0 Å². The summed E-state index contributed by atoms with van der Waals surface area (Å²) in [6.07, 6.45) is 12.6. The van der Waals surface area contributed by atoms with Gasteiger partial charge in [-0.15, -0.1) is 0 Å². The van der Waals surface area contributed by atoms with Gasteiger partial charge >= 0.3 is 0 Å². The summed E-state index contributed by atoms with van der Waals surface area (Å²) in [4.78, 5) is 8.50. The molecule has 0 spiro atoms. The minimum absolute atomic E-state index is 0.458. The van der Waals surface area contributed by atoms with E-state index in [4.69, 9.17) is 5.73 Å². The molecule has 0 bridgehead atoms. The Kier molecular flexibility index (Phi) is 3.80. The van der Waals surface area contributed by atoms with Gasteiger partial charge < -0.3 is 11.1 Å². The van der Waals surface area contributed by atoms with Crippen molar-refractivity contribution in [3.05, 3.63) is 24.8 Å². The van der Waals surface area contributed by atoms with E-state index in [1.165, 1.54) is 44.9 Å². The largest absolute Gasteiger partial charge is 0.393 e. The highest BCUT2D eigenvalue weighted by atomic mass is 15.3. The van der Waals surface area contributed by atoms with Crippen LogP contribution in [0.5, 0.6) is 0 Å². The lowest BCUT2D eigenvalue weighted by Crippen LogP contribution is -2.21.